The van der Waals surface area contributed by atoms with Gasteiger partial charge in [-0.05, 0) is 18.6 Å². The van der Waals surface area contributed by atoms with Crippen LogP contribution in [0.1, 0.15) is 18.7 Å². The Kier molecular flexibility index (Phi) is 4.69. The van der Waals surface area contributed by atoms with Crippen LogP contribution in [0.3, 0.4) is 0 Å². The van der Waals surface area contributed by atoms with E-state index in [1.807, 2.05) is 0 Å². The molecule has 0 aliphatic rings. The van der Waals surface area contributed by atoms with Gasteiger partial charge in [-0.2, -0.15) is 18.2 Å². The molecule has 0 atom stereocenters. The molecule has 0 aliphatic heterocycles. The van der Waals surface area contributed by atoms with Crippen molar-refractivity contribution in [2.24, 2.45) is 0 Å². The highest BCUT2D eigenvalue weighted by Gasteiger charge is 2.35. The van der Waals surface area contributed by atoms with Gasteiger partial charge in [0.1, 0.15) is 0 Å². The van der Waals surface area contributed by atoms with Crippen molar-refractivity contribution in [2.45, 2.75) is 25.6 Å². The van der Waals surface area contributed by atoms with E-state index in [1.165, 1.54) is 10.9 Å². The number of fused-ring (bicyclic) bond motifs is 1. The van der Waals surface area contributed by atoms with Gasteiger partial charge in [-0.1, -0.05) is 12.1 Å². The number of hydrogen-bond acceptors (Lipinski definition) is 5. The lowest BCUT2D eigenvalue weighted by Gasteiger charge is -2.06. The van der Waals surface area contributed by atoms with Crippen LogP contribution < -0.4 is 10.9 Å². The minimum Gasteiger partial charge on any atom is -0.299 e. The lowest BCUT2D eigenvalue weighted by atomic mass is 10.2. The van der Waals surface area contributed by atoms with Crippen molar-refractivity contribution in [2.75, 3.05) is 5.32 Å². The van der Waals surface area contributed by atoms with E-state index >= 15 is 0 Å². The SMILES string of the molecule is O=C(CCCn1cnc2ccccc2c1=O)Nc1n[nH]c(C(F)(F)F)n1. The Labute approximate surface area is 144 Å². The third-order valence-corrected chi connectivity index (χ3v) is 3.54. The van der Waals surface area contributed by atoms with Crippen molar-refractivity contribution in [3.63, 3.8) is 0 Å². The average Bonchev–Trinajstić information content (AvgIpc) is 3.06. The molecule has 0 saturated heterocycles. The van der Waals surface area contributed by atoms with Crippen LogP contribution in [0.2, 0.25) is 0 Å². The molecule has 136 valence electrons. The number of carbonyl (C=O) groups excluding carboxylic acids is 1. The number of aromatic nitrogens is 5. The van der Waals surface area contributed by atoms with E-state index < -0.39 is 23.9 Å². The molecular weight excluding hydrogens is 353 g/mol. The van der Waals surface area contributed by atoms with E-state index in [0.717, 1.165) is 0 Å². The number of nitrogens with zero attached hydrogens (tertiary/aromatic N) is 4. The van der Waals surface area contributed by atoms with Crippen LogP contribution in [0.15, 0.2) is 35.4 Å². The fourth-order valence-corrected chi connectivity index (χ4v) is 2.31. The number of para-hydroxylation sites is 1. The number of aromatic amines is 1. The van der Waals surface area contributed by atoms with Crippen LogP contribution in [0.4, 0.5) is 19.1 Å². The third-order valence-electron chi connectivity index (χ3n) is 3.54. The second-order valence-corrected chi connectivity index (χ2v) is 5.42. The summed E-state index contributed by atoms with van der Waals surface area (Å²) in [6.07, 6.45) is -2.99. The maximum Gasteiger partial charge on any atom is 0.451 e. The number of hydrogen-bond donors (Lipinski definition) is 2. The first-order valence-corrected chi connectivity index (χ1v) is 7.58. The summed E-state index contributed by atoms with van der Waals surface area (Å²) in [5, 5.41) is 7.63. The first-order valence-electron chi connectivity index (χ1n) is 7.58. The molecule has 0 aliphatic carbocycles. The number of H-pyrrole nitrogens is 1. The average molecular weight is 366 g/mol. The van der Waals surface area contributed by atoms with E-state index in [9.17, 15) is 22.8 Å². The van der Waals surface area contributed by atoms with Crippen LogP contribution >= 0.6 is 0 Å². The Hall–Kier alpha value is -3.24. The van der Waals surface area contributed by atoms with Gasteiger partial charge in [0.05, 0.1) is 17.2 Å². The maximum atomic E-state index is 12.4. The van der Waals surface area contributed by atoms with E-state index in [1.54, 1.807) is 29.4 Å². The number of halogens is 3. The normalized spacial score (nSPS) is 11.7. The Bertz CT molecular complexity index is 995. The predicted molar refractivity (Wildman–Crippen MR) is 85.3 cm³/mol. The number of alkyl halides is 3. The molecule has 1 aromatic carbocycles. The molecule has 8 nitrogen and oxygen atoms in total. The number of nitrogens with one attached hydrogen (secondary N) is 2. The minimum absolute atomic E-state index is 0.0187. The van der Waals surface area contributed by atoms with Gasteiger partial charge < -0.3 is 0 Å². The van der Waals surface area contributed by atoms with Crippen molar-refractivity contribution in [1.82, 2.24) is 24.7 Å². The van der Waals surface area contributed by atoms with Gasteiger partial charge in [-0.25, -0.2) is 4.98 Å². The number of benzene rings is 1. The zero-order valence-electron chi connectivity index (χ0n) is 13.2. The summed E-state index contributed by atoms with van der Waals surface area (Å²) < 4.78 is 38.6. The Morgan fingerprint density at radius 1 is 1.27 bits per heavy atom. The van der Waals surface area contributed by atoms with Gasteiger partial charge in [0.25, 0.3) is 5.56 Å². The van der Waals surface area contributed by atoms with Gasteiger partial charge in [0, 0.05) is 13.0 Å². The van der Waals surface area contributed by atoms with Gasteiger partial charge in [-0.15, -0.1) is 5.10 Å². The molecule has 2 N–H and O–H groups in total. The molecule has 0 fully saturated rings. The largest absolute Gasteiger partial charge is 0.451 e. The molecular formula is C15H13F3N6O2. The van der Waals surface area contributed by atoms with E-state index in [2.05, 4.69) is 20.4 Å². The quantitative estimate of drug-likeness (QED) is 0.718. The van der Waals surface area contributed by atoms with E-state index in [-0.39, 0.29) is 18.5 Å². The van der Waals surface area contributed by atoms with Crippen molar-refractivity contribution in [3.05, 3.63) is 46.8 Å². The Balaban J connectivity index is 1.56. The van der Waals surface area contributed by atoms with Gasteiger partial charge >= 0.3 is 6.18 Å². The summed E-state index contributed by atoms with van der Waals surface area (Å²) in [7, 11) is 0. The molecule has 0 unspecified atom stereocenters. The minimum atomic E-state index is -4.67. The molecule has 0 bridgehead atoms. The highest BCUT2D eigenvalue weighted by molar-refractivity contribution is 5.88. The third kappa shape index (κ3) is 3.87. The van der Waals surface area contributed by atoms with Crippen LogP contribution in [-0.4, -0.2) is 30.6 Å². The highest BCUT2D eigenvalue weighted by atomic mass is 19.4. The summed E-state index contributed by atoms with van der Waals surface area (Å²) >= 11 is 0. The molecule has 0 spiro atoms. The number of carbonyl (C=O) groups is 1. The topological polar surface area (TPSA) is 106 Å². The summed E-state index contributed by atoms with van der Waals surface area (Å²) in [6.45, 7) is 0.242. The first-order chi connectivity index (χ1) is 12.3. The van der Waals surface area contributed by atoms with Crippen molar-refractivity contribution in [1.29, 1.82) is 0 Å². The smallest absolute Gasteiger partial charge is 0.299 e. The monoisotopic (exact) mass is 366 g/mol. The summed E-state index contributed by atoms with van der Waals surface area (Å²) in [5.41, 5.74) is 0.358. The van der Waals surface area contributed by atoms with Gasteiger partial charge in [0.2, 0.25) is 17.7 Å². The van der Waals surface area contributed by atoms with Gasteiger partial charge in [0.15, 0.2) is 0 Å². The maximum absolute atomic E-state index is 12.4. The van der Waals surface area contributed by atoms with Crippen molar-refractivity contribution in [3.8, 4) is 0 Å². The molecule has 1 amide bonds. The first kappa shape index (κ1) is 17.6. The van der Waals surface area contributed by atoms with E-state index in [0.29, 0.717) is 17.3 Å². The number of rotatable bonds is 5. The lowest BCUT2D eigenvalue weighted by Crippen LogP contribution is -2.21. The zero-order valence-corrected chi connectivity index (χ0v) is 13.2. The molecule has 11 heteroatoms. The fourth-order valence-electron chi connectivity index (χ4n) is 2.31. The van der Waals surface area contributed by atoms with Crippen molar-refractivity contribution < 1.29 is 18.0 Å². The predicted octanol–water partition coefficient (Wildman–Crippen LogP) is 1.95. The second-order valence-electron chi connectivity index (χ2n) is 5.42. The van der Waals surface area contributed by atoms with Crippen molar-refractivity contribution >= 4 is 22.8 Å². The summed E-state index contributed by atoms with van der Waals surface area (Å²) in [6, 6.07) is 6.89. The molecule has 2 heterocycles. The molecule has 0 radical (unpaired) electrons. The summed E-state index contributed by atoms with van der Waals surface area (Å²) in [4.78, 5) is 31.4. The lowest BCUT2D eigenvalue weighted by molar-refractivity contribution is -0.144. The fraction of sp³-hybridized carbons (Fsp3) is 0.267. The second kappa shape index (κ2) is 6.94. The number of amides is 1. The molecule has 3 aromatic rings. The van der Waals surface area contributed by atoms with E-state index in [4.69, 9.17) is 0 Å². The molecule has 2 aromatic heterocycles. The Morgan fingerprint density at radius 3 is 2.77 bits per heavy atom. The van der Waals surface area contributed by atoms with Gasteiger partial charge in [-0.3, -0.25) is 24.6 Å². The van der Waals surface area contributed by atoms with Crippen LogP contribution in [-0.2, 0) is 17.5 Å². The number of anilines is 1. The summed E-state index contributed by atoms with van der Waals surface area (Å²) in [5.74, 6) is -2.30. The highest BCUT2D eigenvalue weighted by Crippen LogP contribution is 2.26. The van der Waals surface area contributed by atoms with Crippen LogP contribution in [0.5, 0.6) is 0 Å². The van der Waals surface area contributed by atoms with Crippen LogP contribution in [0, 0.1) is 0 Å². The molecule has 0 saturated carbocycles. The number of aryl methyl sites for hydroxylation is 1. The Morgan fingerprint density at radius 2 is 2.04 bits per heavy atom. The molecule has 26 heavy (non-hydrogen) atoms. The van der Waals surface area contributed by atoms with Crippen LogP contribution in [0.25, 0.3) is 10.9 Å². The zero-order chi connectivity index (χ0) is 18.7. The standard InChI is InChI=1S/C15H13F3N6O2/c16-15(17,18)13-21-14(23-22-13)20-11(25)6-3-7-24-8-19-10-5-2-1-4-9(10)12(24)26/h1-2,4-5,8H,3,6-7H2,(H2,20,21,22,23,25). The molecule has 3 rings (SSSR count).